The molecule has 1 atom stereocenters. The monoisotopic (exact) mass is 285 g/mol. The van der Waals surface area contributed by atoms with Crippen molar-refractivity contribution in [2.24, 2.45) is 10.3 Å². The minimum Gasteiger partial charge on any atom is -0.383 e. The molecule has 0 spiro atoms. The number of hydrogen-bond donors (Lipinski definition) is 4. The molecule has 2 aliphatic heterocycles. The van der Waals surface area contributed by atoms with Gasteiger partial charge in [-0.2, -0.15) is 5.11 Å². The highest BCUT2D eigenvalue weighted by atomic mass is 16.3. The van der Waals surface area contributed by atoms with Crippen LogP contribution in [-0.2, 0) is 9.59 Å². The molecule has 4 N–H and O–H groups in total. The van der Waals surface area contributed by atoms with Gasteiger partial charge in [-0.25, -0.2) is 11.0 Å². The number of carbonyl (C=O) groups excluding carboxylic acids is 2. The van der Waals surface area contributed by atoms with E-state index in [1.54, 1.807) is 0 Å². The van der Waals surface area contributed by atoms with Gasteiger partial charge in [0.25, 0.3) is 5.91 Å². The van der Waals surface area contributed by atoms with Crippen molar-refractivity contribution in [1.82, 2.24) is 16.3 Å². The van der Waals surface area contributed by atoms with Crippen molar-refractivity contribution >= 4 is 11.8 Å². The van der Waals surface area contributed by atoms with Crippen molar-refractivity contribution in [1.29, 1.82) is 0 Å². The Morgan fingerprint density at radius 1 is 1.05 bits per heavy atom. The summed E-state index contributed by atoms with van der Waals surface area (Å²) in [6.07, 6.45) is 6.54. The van der Waals surface area contributed by atoms with Gasteiger partial charge in [0.2, 0.25) is 5.91 Å². The third kappa shape index (κ3) is 7.80. The van der Waals surface area contributed by atoms with E-state index in [9.17, 15) is 9.59 Å². The summed E-state index contributed by atoms with van der Waals surface area (Å²) in [6.45, 7) is 1.84. The van der Waals surface area contributed by atoms with Crippen LogP contribution >= 0.6 is 0 Å². The first-order valence-electron chi connectivity index (χ1n) is 7.06. The van der Waals surface area contributed by atoms with E-state index >= 15 is 0 Å². The average molecular weight is 285 g/mol. The van der Waals surface area contributed by atoms with E-state index < -0.39 is 17.9 Å². The number of carbonyl (C=O) groups is 2. The molecular weight excluding hydrogens is 262 g/mol. The molecule has 1 fully saturated rings. The second-order valence-corrected chi connectivity index (χ2v) is 4.76. The number of nitrogens with one attached hydrogen (secondary N) is 3. The maximum Gasteiger partial charge on any atom is 0.255 e. The van der Waals surface area contributed by atoms with Gasteiger partial charge in [0, 0.05) is 6.54 Å². The maximum absolute atomic E-state index is 10.2. The zero-order valence-corrected chi connectivity index (χ0v) is 11.6. The smallest absolute Gasteiger partial charge is 0.255 e. The Hall–Kier alpha value is -1.54. The van der Waals surface area contributed by atoms with Gasteiger partial charge in [-0.1, -0.05) is 30.9 Å². The fourth-order valence-electron chi connectivity index (χ4n) is 1.82. The van der Waals surface area contributed by atoms with Gasteiger partial charge < -0.3 is 5.11 Å². The topological polar surface area (TPSA) is 115 Å². The standard InChI is InChI=1S/C8H18N4.C4H5NO3/c1-2-4-6-8-10-12-11-9-7-5-3-1;6-2-1-3(7)5-4(2)8/h1-8H2,(H,9,12)(H,10,11);2,6H,1H2,(H,5,7,8). The number of aliphatic hydroxyl groups excluding tert-OH is 1. The van der Waals surface area contributed by atoms with Crippen LogP contribution in [0.2, 0.25) is 0 Å². The van der Waals surface area contributed by atoms with Crippen molar-refractivity contribution in [3.8, 4) is 0 Å². The van der Waals surface area contributed by atoms with Crippen LogP contribution in [0.1, 0.15) is 44.9 Å². The van der Waals surface area contributed by atoms with Crippen molar-refractivity contribution in [3.05, 3.63) is 0 Å². The lowest BCUT2D eigenvalue weighted by molar-refractivity contribution is -0.127. The lowest BCUT2D eigenvalue weighted by Crippen LogP contribution is -2.27. The minimum atomic E-state index is -1.11. The van der Waals surface area contributed by atoms with E-state index in [1.807, 2.05) is 5.32 Å². The largest absolute Gasteiger partial charge is 0.383 e. The van der Waals surface area contributed by atoms with Crippen molar-refractivity contribution in [3.63, 3.8) is 0 Å². The number of hydrazine groups is 1. The van der Waals surface area contributed by atoms with Gasteiger partial charge in [0.05, 0.1) is 13.0 Å². The van der Waals surface area contributed by atoms with Gasteiger partial charge >= 0.3 is 0 Å². The molecule has 0 radical (unpaired) electrons. The van der Waals surface area contributed by atoms with E-state index in [1.165, 1.54) is 38.5 Å². The zero-order chi connectivity index (χ0) is 14.6. The average Bonchev–Trinajstić information content (AvgIpc) is 2.68. The summed E-state index contributed by atoms with van der Waals surface area (Å²) in [4.78, 5) is 20.4. The first kappa shape index (κ1) is 16.5. The van der Waals surface area contributed by atoms with Crippen molar-refractivity contribution in [2.45, 2.75) is 51.0 Å². The molecule has 0 aromatic rings. The number of amides is 2. The summed E-state index contributed by atoms with van der Waals surface area (Å²) in [5, 5.41) is 18.2. The molecule has 2 heterocycles. The minimum absolute atomic E-state index is 0.0845. The summed E-state index contributed by atoms with van der Waals surface area (Å²) >= 11 is 0. The van der Waals surface area contributed by atoms with Crippen LogP contribution in [-0.4, -0.2) is 36.1 Å². The maximum atomic E-state index is 10.2. The van der Waals surface area contributed by atoms with E-state index in [4.69, 9.17) is 5.11 Å². The highest BCUT2D eigenvalue weighted by Gasteiger charge is 2.27. The van der Waals surface area contributed by atoms with E-state index in [-0.39, 0.29) is 6.42 Å². The molecule has 8 nitrogen and oxygen atoms in total. The Balaban J connectivity index is 0.000000217. The van der Waals surface area contributed by atoms with Gasteiger partial charge in [0.15, 0.2) is 0 Å². The van der Waals surface area contributed by atoms with E-state index in [0.717, 1.165) is 13.1 Å². The molecule has 1 unspecified atom stereocenters. The molecule has 2 aliphatic rings. The molecule has 0 aromatic heterocycles. The lowest BCUT2D eigenvalue weighted by Gasteiger charge is -2.04. The third-order valence-electron chi connectivity index (χ3n) is 2.95. The number of hydrogen-bond acceptors (Lipinski definition) is 7. The van der Waals surface area contributed by atoms with E-state index in [2.05, 4.69) is 21.3 Å². The van der Waals surface area contributed by atoms with Crippen LogP contribution in [0.5, 0.6) is 0 Å². The van der Waals surface area contributed by atoms with Crippen molar-refractivity contribution in [2.75, 3.05) is 13.1 Å². The Labute approximate surface area is 118 Å². The SMILES string of the molecule is C1CCCCNNN=NCCC1.O=C1CC(O)C(=O)N1. The second kappa shape index (κ2) is 10.3. The zero-order valence-electron chi connectivity index (χ0n) is 11.6. The third-order valence-corrected chi connectivity index (χ3v) is 2.95. The second-order valence-electron chi connectivity index (χ2n) is 4.76. The molecule has 1 saturated heterocycles. The Morgan fingerprint density at radius 3 is 2.35 bits per heavy atom. The highest BCUT2D eigenvalue weighted by molar-refractivity contribution is 6.04. The van der Waals surface area contributed by atoms with Gasteiger partial charge in [-0.3, -0.25) is 14.9 Å². The summed E-state index contributed by atoms with van der Waals surface area (Å²) in [5.41, 5.74) is 5.70. The first-order chi connectivity index (χ1) is 9.70. The molecule has 0 bridgehead atoms. The fourth-order valence-corrected chi connectivity index (χ4v) is 1.82. The van der Waals surface area contributed by atoms with Crippen LogP contribution in [0, 0.1) is 0 Å². The molecule has 114 valence electrons. The Morgan fingerprint density at radius 2 is 1.75 bits per heavy atom. The summed E-state index contributed by atoms with van der Waals surface area (Å²) < 4.78 is 0. The fraction of sp³-hybridized carbons (Fsp3) is 0.833. The van der Waals surface area contributed by atoms with Crippen LogP contribution in [0.15, 0.2) is 10.3 Å². The van der Waals surface area contributed by atoms with Crippen LogP contribution in [0.25, 0.3) is 0 Å². The Kier molecular flexibility index (Phi) is 8.48. The van der Waals surface area contributed by atoms with Gasteiger partial charge in [0.1, 0.15) is 6.10 Å². The lowest BCUT2D eigenvalue weighted by atomic mass is 10.1. The number of imide groups is 1. The number of aliphatic hydroxyl groups is 1. The molecule has 2 amide bonds. The van der Waals surface area contributed by atoms with Gasteiger partial charge in [-0.15, -0.1) is 0 Å². The molecular formula is C12H23N5O3. The molecule has 2 rings (SSSR count). The summed E-state index contributed by atoms with van der Waals surface area (Å²) in [7, 11) is 0. The summed E-state index contributed by atoms with van der Waals surface area (Å²) in [6, 6.07) is 0. The quantitative estimate of drug-likeness (QED) is 0.474. The highest BCUT2D eigenvalue weighted by Crippen LogP contribution is 2.05. The normalized spacial score (nSPS) is 24.6. The first-order valence-corrected chi connectivity index (χ1v) is 7.06. The predicted octanol–water partition coefficient (Wildman–Crippen LogP) is 0.196. The summed E-state index contributed by atoms with van der Waals surface area (Å²) in [5.74, 6) is -0.988. The van der Waals surface area contributed by atoms with Crippen LogP contribution in [0.3, 0.4) is 0 Å². The molecule has 0 aliphatic carbocycles. The van der Waals surface area contributed by atoms with Crippen LogP contribution < -0.4 is 16.3 Å². The predicted molar refractivity (Wildman–Crippen MR) is 72.3 cm³/mol. The van der Waals surface area contributed by atoms with E-state index in [0.29, 0.717) is 0 Å². The molecule has 20 heavy (non-hydrogen) atoms. The molecule has 0 saturated carbocycles. The molecule has 8 heteroatoms. The van der Waals surface area contributed by atoms with Crippen molar-refractivity contribution < 1.29 is 14.7 Å². The molecule has 0 aromatic carbocycles. The number of rotatable bonds is 0. The Bertz CT molecular complexity index is 321. The van der Waals surface area contributed by atoms with Crippen LogP contribution in [0.4, 0.5) is 0 Å². The number of nitrogens with zero attached hydrogens (tertiary/aromatic N) is 2. The van der Waals surface area contributed by atoms with Gasteiger partial charge in [-0.05, 0) is 12.8 Å².